The molecule has 0 saturated carbocycles. The van der Waals surface area contributed by atoms with Crippen molar-refractivity contribution in [1.29, 1.82) is 5.41 Å². The number of hydrogen-bond acceptors (Lipinski definition) is 2. The van der Waals surface area contributed by atoms with Crippen LogP contribution in [0.4, 0.5) is 0 Å². The highest BCUT2D eigenvalue weighted by molar-refractivity contribution is 9.10. The Balaban J connectivity index is 0.000000810. The second-order valence-corrected chi connectivity index (χ2v) is 3.28. The van der Waals surface area contributed by atoms with Gasteiger partial charge in [0.25, 0.3) is 0 Å². The topological polar surface area (TPSA) is 49.9 Å². The van der Waals surface area contributed by atoms with Crippen molar-refractivity contribution in [1.82, 2.24) is 0 Å². The molecule has 0 saturated heterocycles. The van der Waals surface area contributed by atoms with E-state index in [1.54, 1.807) is 0 Å². The van der Waals surface area contributed by atoms with E-state index in [0.29, 0.717) is 0 Å². The van der Waals surface area contributed by atoms with E-state index in [2.05, 4.69) is 15.9 Å². The number of nitrogens with one attached hydrogen (secondary N) is 1. The van der Waals surface area contributed by atoms with Crippen LogP contribution in [0, 0.1) is 5.41 Å². The minimum absolute atomic E-state index is 0. The minimum atomic E-state index is 0. The van der Waals surface area contributed by atoms with Gasteiger partial charge in [0.15, 0.2) is 0 Å². The molecule has 56 valence electrons. The third-order valence-electron chi connectivity index (χ3n) is 0.862. The van der Waals surface area contributed by atoms with Crippen molar-refractivity contribution in [3.05, 3.63) is 20.8 Å². The summed E-state index contributed by atoms with van der Waals surface area (Å²) < 4.78 is 0.903. The second kappa shape index (κ2) is 3.95. The molecule has 1 aromatic rings. The first kappa shape index (κ1) is 9.94. The molecule has 0 fully saturated rings. The fraction of sp³-hybridized carbons (Fsp3) is 0. The molecule has 0 aromatic carbocycles. The Morgan fingerprint density at radius 3 is 2.50 bits per heavy atom. The molecule has 1 rings (SSSR count). The van der Waals surface area contributed by atoms with E-state index in [0.717, 1.165) is 9.35 Å². The maximum Gasteiger partial charge on any atom is 0.134 e. The van der Waals surface area contributed by atoms with Crippen LogP contribution in [-0.4, -0.2) is 5.84 Å². The molecule has 0 atom stereocenters. The highest BCUT2D eigenvalue weighted by atomic mass is 79.9. The Hall–Kier alpha value is -0.0600. The van der Waals surface area contributed by atoms with Crippen LogP contribution in [0.2, 0.25) is 0 Å². The number of nitrogen functional groups attached to an aromatic ring is 1. The van der Waals surface area contributed by atoms with Gasteiger partial charge in [-0.3, -0.25) is 5.41 Å². The molecular formula is C5H6BrClN2S. The molecular weight excluding hydrogens is 235 g/mol. The molecule has 3 N–H and O–H groups in total. The van der Waals surface area contributed by atoms with Crippen molar-refractivity contribution in [2.75, 3.05) is 0 Å². The summed E-state index contributed by atoms with van der Waals surface area (Å²) in [6.07, 6.45) is 0. The summed E-state index contributed by atoms with van der Waals surface area (Å²) in [6.45, 7) is 0. The van der Waals surface area contributed by atoms with E-state index in [9.17, 15) is 0 Å². The zero-order valence-corrected chi connectivity index (χ0v) is 8.15. The van der Waals surface area contributed by atoms with Crippen LogP contribution in [0.3, 0.4) is 0 Å². The summed E-state index contributed by atoms with van der Waals surface area (Å²) in [6, 6.07) is 1.88. The Morgan fingerprint density at radius 1 is 1.70 bits per heavy atom. The predicted molar refractivity (Wildman–Crippen MR) is 50.3 cm³/mol. The number of rotatable bonds is 1. The summed E-state index contributed by atoms with van der Waals surface area (Å²) in [5.74, 6) is 0.122. The number of hydrogen-bond donors (Lipinski definition) is 2. The fourth-order valence-electron chi connectivity index (χ4n) is 0.486. The SMILES string of the molecule is Cl.N=C(N)c1sccc1Br. The standard InChI is InChI=1S/C5H5BrN2S.ClH/c6-3-1-2-9-4(3)5(7)8;/h1-2H,(H3,7,8);1H. The van der Waals surface area contributed by atoms with Gasteiger partial charge in [0, 0.05) is 4.47 Å². The van der Waals surface area contributed by atoms with E-state index < -0.39 is 0 Å². The molecule has 0 bridgehead atoms. The lowest BCUT2D eigenvalue weighted by molar-refractivity contribution is 1.45. The molecule has 0 unspecified atom stereocenters. The van der Waals surface area contributed by atoms with Crippen molar-refractivity contribution < 1.29 is 0 Å². The van der Waals surface area contributed by atoms with Gasteiger partial charge in [0.05, 0.1) is 4.88 Å². The average molecular weight is 242 g/mol. The Labute approximate surface area is 77.5 Å². The lowest BCUT2D eigenvalue weighted by Crippen LogP contribution is -2.08. The van der Waals surface area contributed by atoms with Gasteiger partial charge >= 0.3 is 0 Å². The first-order valence-electron chi connectivity index (χ1n) is 2.29. The van der Waals surface area contributed by atoms with E-state index in [1.165, 1.54) is 11.3 Å². The lowest BCUT2D eigenvalue weighted by Gasteiger charge is -1.89. The third-order valence-corrected chi connectivity index (χ3v) is 2.73. The fourth-order valence-corrected chi connectivity index (χ4v) is 1.93. The molecule has 10 heavy (non-hydrogen) atoms. The number of nitrogens with two attached hydrogens (primary N) is 1. The zero-order valence-electron chi connectivity index (χ0n) is 4.93. The van der Waals surface area contributed by atoms with E-state index in [-0.39, 0.29) is 18.2 Å². The zero-order chi connectivity index (χ0) is 6.85. The van der Waals surface area contributed by atoms with E-state index >= 15 is 0 Å². The van der Waals surface area contributed by atoms with Gasteiger partial charge in [0.1, 0.15) is 5.84 Å². The van der Waals surface area contributed by atoms with Crippen LogP contribution in [0.15, 0.2) is 15.9 Å². The van der Waals surface area contributed by atoms with Crippen molar-refractivity contribution in [2.24, 2.45) is 5.73 Å². The van der Waals surface area contributed by atoms with Gasteiger partial charge in [-0.25, -0.2) is 0 Å². The van der Waals surface area contributed by atoms with Crippen LogP contribution in [0.25, 0.3) is 0 Å². The highest BCUT2D eigenvalue weighted by Crippen LogP contribution is 2.21. The normalized spacial score (nSPS) is 8.50. The van der Waals surface area contributed by atoms with Crippen LogP contribution in [0.1, 0.15) is 4.88 Å². The number of halogens is 2. The number of thiophene rings is 1. The minimum Gasteiger partial charge on any atom is -0.383 e. The van der Waals surface area contributed by atoms with Gasteiger partial charge in [-0.2, -0.15) is 0 Å². The molecule has 1 aromatic heterocycles. The largest absolute Gasteiger partial charge is 0.383 e. The summed E-state index contributed by atoms with van der Waals surface area (Å²) in [4.78, 5) is 0.801. The molecule has 0 radical (unpaired) electrons. The van der Waals surface area contributed by atoms with Crippen LogP contribution < -0.4 is 5.73 Å². The number of amidine groups is 1. The van der Waals surface area contributed by atoms with Crippen molar-refractivity contribution in [3.63, 3.8) is 0 Å². The Bertz CT molecular complexity index is 235. The van der Waals surface area contributed by atoms with Gasteiger partial charge in [-0.1, -0.05) is 0 Å². The maximum atomic E-state index is 7.05. The van der Waals surface area contributed by atoms with Crippen molar-refractivity contribution >= 4 is 45.5 Å². The molecule has 0 aliphatic carbocycles. The van der Waals surface area contributed by atoms with Gasteiger partial charge in [0.2, 0.25) is 0 Å². The maximum absolute atomic E-state index is 7.05. The van der Waals surface area contributed by atoms with Crippen LogP contribution >= 0.6 is 39.7 Å². The summed E-state index contributed by atoms with van der Waals surface area (Å²) in [5, 5.41) is 8.94. The summed E-state index contributed by atoms with van der Waals surface area (Å²) >= 11 is 4.72. The van der Waals surface area contributed by atoms with Crippen molar-refractivity contribution in [3.8, 4) is 0 Å². The Morgan fingerprint density at radius 2 is 2.30 bits per heavy atom. The third kappa shape index (κ3) is 1.97. The van der Waals surface area contributed by atoms with Crippen LogP contribution in [-0.2, 0) is 0 Å². The highest BCUT2D eigenvalue weighted by Gasteiger charge is 2.01. The first-order valence-corrected chi connectivity index (χ1v) is 3.96. The van der Waals surface area contributed by atoms with Gasteiger partial charge in [-0.15, -0.1) is 23.7 Å². The van der Waals surface area contributed by atoms with Gasteiger partial charge in [-0.05, 0) is 27.4 Å². The molecule has 1 heterocycles. The van der Waals surface area contributed by atoms with Crippen LogP contribution in [0.5, 0.6) is 0 Å². The molecule has 2 nitrogen and oxygen atoms in total. The molecule has 0 aliphatic rings. The molecule has 0 spiro atoms. The van der Waals surface area contributed by atoms with E-state index in [1.807, 2.05) is 11.4 Å². The molecule has 5 heteroatoms. The first-order chi connectivity index (χ1) is 4.22. The monoisotopic (exact) mass is 240 g/mol. The van der Waals surface area contributed by atoms with Crippen molar-refractivity contribution in [2.45, 2.75) is 0 Å². The lowest BCUT2D eigenvalue weighted by atomic mass is 10.4. The quantitative estimate of drug-likeness (QED) is 0.575. The second-order valence-electron chi connectivity index (χ2n) is 1.51. The summed E-state index contributed by atoms with van der Waals surface area (Å²) in [5.41, 5.74) is 5.22. The summed E-state index contributed by atoms with van der Waals surface area (Å²) in [7, 11) is 0. The van der Waals surface area contributed by atoms with Gasteiger partial charge < -0.3 is 5.73 Å². The molecule has 0 amide bonds. The Kier molecular flexibility index (Phi) is 3.93. The predicted octanol–water partition coefficient (Wildman–Crippen LogP) is 2.22. The average Bonchev–Trinajstić information content (AvgIpc) is 2.13. The molecule has 0 aliphatic heterocycles. The van der Waals surface area contributed by atoms with E-state index in [4.69, 9.17) is 11.1 Å². The smallest absolute Gasteiger partial charge is 0.134 e.